The van der Waals surface area contributed by atoms with Crippen LogP contribution < -0.4 is 34.1 Å². The Balaban J connectivity index is 0.000000153. The van der Waals surface area contributed by atoms with Crippen molar-refractivity contribution in [2.45, 2.75) is 127 Å². The molecule has 12 aromatic rings. The number of benzene rings is 6. The predicted molar refractivity (Wildman–Crippen MR) is 506 cm³/mol. The molecule has 3 atom stereocenters. The number of hydrogen-bond acceptors (Lipinski definition) is 22. The molecule has 12 heterocycles. The highest BCUT2D eigenvalue weighted by Gasteiger charge is 2.46. The van der Waals surface area contributed by atoms with E-state index in [9.17, 15) is 81.5 Å². The summed E-state index contributed by atoms with van der Waals surface area (Å²) >= 11 is 0. The Bertz CT molecular complexity index is 6140. The fraction of sp³-hybridized carbons (Fsp3) is 0.371. The van der Waals surface area contributed by atoms with E-state index in [1.807, 2.05) is 101 Å². The number of para-hydroxylation sites is 1. The second-order valence-electron chi connectivity index (χ2n) is 36.2. The molecule has 37 heteroatoms. The minimum absolute atomic E-state index is 0.0115. The fourth-order valence-corrected chi connectivity index (χ4v) is 18.6. The van der Waals surface area contributed by atoms with Gasteiger partial charge in [0.25, 0.3) is 18.0 Å². The maximum Gasteiger partial charge on any atom is 0.437 e. The van der Waals surface area contributed by atoms with Crippen molar-refractivity contribution < 1.29 is 99.4 Å². The molecule has 0 radical (unpaired) electrons. The number of piperidine rings is 3. The molecule has 744 valence electrons. The first kappa shape index (κ1) is 101. The quantitative estimate of drug-likeness (QED) is 0.0380. The van der Waals surface area contributed by atoms with Gasteiger partial charge in [0.15, 0.2) is 17.1 Å². The molecule has 0 spiro atoms. The van der Waals surface area contributed by atoms with Crippen molar-refractivity contribution in [3.05, 3.63) is 314 Å². The summed E-state index contributed by atoms with van der Waals surface area (Å²) in [6, 6.07) is 51.8. The molecule has 6 aromatic carbocycles. The lowest BCUT2D eigenvalue weighted by Gasteiger charge is -2.35. The molecular weight excluding hydrogens is 1860 g/mol. The molecule has 0 aliphatic carbocycles. The van der Waals surface area contributed by atoms with Crippen LogP contribution in [0, 0.1) is 31.3 Å². The van der Waals surface area contributed by atoms with Gasteiger partial charge in [0.05, 0.1) is 26.4 Å². The molecule has 6 aromatic heterocycles. The number of carbonyl (C=O) groups excluding carboxylic acids is 6. The summed E-state index contributed by atoms with van der Waals surface area (Å²) in [6.07, 6.45) is -6.48. The van der Waals surface area contributed by atoms with Gasteiger partial charge < -0.3 is 62.1 Å². The first-order chi connectivity index (χ1) is 68.2. The number of hydrogen-bond donors (Lipinski definition) is 0. The van der Waals surface area contributed by atoms with Crippen LogP contribution in [0.2, 0.25) is 0 Å². The molecule has 6 fully saturated rings. The number of nitrogens with zero attached hydrogens (tertiary/aromatic N) is 15. The zero-order valence-corrected chi connectivity index (χ0v) is 78.3. The van der Waals surface area contributed by atoms with Crippen molar-refractivity contribution >= 4 is 70.6 Å². The van der Waals surface area contributed by atoms with E-state index >= 15 is 0 Å². The minimum atomic E-state index is -4.88. The van der Waals surface area contributed by atoms with Crippen molar-refractivity contribution in [2.75, 3.05) is 154 Å². The number of piperazine rings is 3. The number of rotatable bonds is 25. The number of pyridine rings is 3. The van der Waals surface area contributed by atoms with Crippen molar-refractivity contribution in [2.24, 2.45) is 0 Å². The Kier molecular flexibility index (Phi) is 31.6. The Morgan fingerprint density at radius 2 is 0.627 bits per heavy atom. The third kappa shape index (κ3) is 24.9. The Morgan fingerprint density at radius 3 is 0.915 bits per heavy atom. The van der Waals surface area contributed by atoms with Crippen LogP contribution in [0.15, 0.2) is 214 Å². The van der Waals surface area contributed by atoms with E-state index in [0.29, 0.717) is 181 Å². The summed E-state index contributed by atoms with van der Waals surface area (Å²) in [5.74, 6) is -3.88. The largest absolute Gasteiger partial charge is 0.496 e. The van der Waals surface area contributed by atoms with Gasteiger partial charge in [-0.05, 0) is 145 Å². The first-order valence-electron chi connectivity index (χ1n) is 47.2. The number of halogens is 12. The first-order valence-corrected chi connectivity index (χ1v) is 47.2. The number of alkyl halides is 9. The number of anilines is 6. The Morgan fingerprint density at radius 1 is 0.338 bits per heavy atom. The van der Waals surface area contributed by atoms with Crippen LogP contribution in [-0.2, 0) is 71.4 Å². The van der Waals surface area contributed by atoms with Crippen LogP contribution in [-0.4, -0.2) is 205 Å². The van der Waals surface area contributed by atoms with Crippen molar-refractivity contribution in [3.8, 4) is 5.75 Å². The lowest BCUT2D eigenvalue weighted by molar-refractivity contribution is -0.142. The van der Waals surface area contributed by atoms with E-state index in [4.69, 9.17) is 18.0 Å². The van der Waals surface area contributed by atoms with Crippen LogP contribution in [0.4, 0.5) is 88.2 Å². The summed E-state index contributed by atoms with van der Waals surface area (Å²) in [7, 11) is 1.58. The summed E-state index contributed by atoms with van der Waals surface area (Å²) in [5.41, 5.74) is 3.78. The lowest BCUT2D eigenvalue weighted by atomic mass is 9.90. The van der Waals surface area contributed by atoms with E-state index in [1.54, 1.807) is 128 Å². The van der Waals surface area contributed by atoms with Crippen molar-refractivity contribution in [1.29, 1.82) is 0 Å². The van der Waals surface area contributed by atoms with Crippen molar-refractivity contribution in [1.82, 2.24) is 44.6 Å². The molecule has 18 rings (SSSR count). The van der Waals surface area contributed by atoms with Gasteiger partial charge in [-0.1, -0.05) is 151 Å². The van der Waals surface area contributed by atoms with Crippen molar-refractivity contribution in [3.63, 3.8) is 0 Å². The maximum absolute atomic E-state index is 14.1. The fourth-order valence-electron chi connectivity index (χ4n) is 18.6. The van der Waals surface area contributed by atoms with Gasteiger partial charge in [-0.2, -0.15) is 54.5 Å². The highest BCUT2D eigenvalue weighted by atomic mass is 19.4. The average molecular weight is 1970 g/mol. The number of ketones is 3. The Labute approximate surface area is 811 Å². The number of oxazole rings is 3. The third-order valence-electron chi connectivity index (χ3n) is 26.5. The van der Waals surface area contributed by atoms with Crippen LogP contribution >= 0.6 is 0 Å². The zero-order chi connectivity index (χ0) is 100. The maximum atomic E-state index is 14.1. The number of methoxy groups -OCH3 is 1. The number of aromatic nitrogens is 6. The van der Waals surface area contributed by atoms with E-state index in [0.717, 1.165) is 59.9 Å². The standard InChI is InChI=1S/C35H35F4N5O4.2C35H35F4N5O3/c1-47-29-11-5-3-9-26(29)25-8-6-14-44(22-25)34-41-33(35(37,38)39)32(48-34)28(45)19-23-12-13-30(40-21-23)42-15-17-43(18-16-42)31(46)20-24-7-2-4-10-27(24)36;2*1-23-8-11-25(12-9-23)27-6-4-14-44(22-27)34-41-33(35(37,38)39)32(47-34)29(45)19-24-10-13-30(40-21-24)42-15-17-43(18-16-42)31(46)20-26-5-2-3-7-28(26)36/h2-5,7,9-13,21,25H,6,8,14-20,22H2,1H3;2*2-3,5,7-13,21,27H,4,6,14-20,22H2,1H3. The van der Waals surface area contributed by atoms with Gasteiger partial charge in [0.2, 0.25) is 52.4 Å². The van der Waals surface area contributed by atoms with Gasteiger partial charge >= 0.3 is 18.5 Å². The summed E-state index contributed by atoms with van der Waals surface area (Å²) in [4.78, 5) is 118. The second kappa shape index (κ2) is 44.6. The highest BCUT2D eigenvalue weighted by Crippen LogP contribution is 2.43. The van der Waals surface area contributed by atoms with Gasteiger partial charge in [-0.25, -0.2) is 28.1 Å². The molecule has 142 heavy (non-hydrogen) atoms. The molecule has 3 amide bonds. The lowest BCUT2D eigenvalue weighted by Crippen LogP contribution is -2.49. The van der Waals surface area contributed by atoms with Gasteiger partial charge in [-0.3, -0.25) is 28.8 Å². The van der Waals surface area contributed by atoms with Gasteiger partial charge in [0, 0.05) is 173 Å². The molecule has 25 nitrogen and oxygen atoms in total. The molecule has 6 aliphatic rings. The minimum Gasteiger partial charge on any atom is -0.496 e. The van der Waals surface area contributed by atoms with E-state index in [2.05, 4.69) is 29.9 Å². The summed E-state index contributed by atoms with van der Waals surface area (Å²) in [6.45, 7) is 12.3. The molecule has 0 bridgehead atoms. The average Bonchev–Trinajstić information content (AvgIpc) is 1.42. The SMILES string of the molecule is COc1ccccc1C1CCCN(c2nc(C(F)(F)F)c(C(=O)Cc3ccc(N4CCN(C(=O)Cc5ccccc5F)CC4)nc3)o2)C1.Cc1ccc(C2CCCN(c3nc(C(F)(F)F)c(C(=O)Cc4ccc(N5CCN(C(=O)Cc6ccccc6F)CC5)nc4)o3)C2)cc1.Cc1ccc(C2CCCN(c3nc(C(F)(F)F)c(C(=O)Cc4ccc(N5CCN(C(=O)Cc6ccccc6F)CC5)nc4)o3)C2)cc1. The molecule has 6 aliphatic heterocycles. The number of amides is 3. The molecular formula is C105H105F12N15O10. The molecule has 6 saturated heterocycles. The third-order valence-corrected chi connectivity index (χ3v) is 26.5. The zero-order valence-electron chi connectivity index (χ0n) is 78.3. The van der Waals surface area contributed by atoms with Crippen LogP contribution in [0.5, 0.6) is 5.75 Å². The number of aryl methyl sites for hydroxylation is 2. The number of Topliss-reactive ketones (excluding diaryl/α,β-unsaturated/α-hetero) is 3. The summed E-state index contributed by atoms with van der Waals surface area (Å²) in [5, 5.41) is 0. The highest BCUT2D eigenvalue weighted by molar-refractivity contribution is 5.98. The number of ether oxygens (including phenoxy) is 1. The van der Waals surface area contributed by atoms with E-state index in [1.165, 1.54) is 36.8 Å². The van der Waals surface area contributed by atoms with Crippen LogP contribution in [0.1, 0.15) is 166 Å². The Hall–Kier alpha value is -14.4. The molecule has 3 unspecified atom stereocenters. The van der Waals surface area contributed by atoms with Gasteiger partial charge in [0.1, 0.15) is 40.7 Å². The number of carbonyl (C=O) groups is 6. The topological polar surface area (TPSA) is 258 Å². The predicted octanol–water partition coefficient (Wildman–Crippen LogP) is 18.4. The van der Waals surface area contributed by atoms with E-state index < -0.39 is 87.7 Å². The van der Waals surface area contributed by atoms with E-state index in [-0.39, 0.29) is 92.0 Å². The molecule has 0 saturated carbocycles. The van der Waals surface area contributed by atoms with Crippen LogP contribution in [0.3, 0.4) is 0 Å². The normalized spacial score (nSPS) is 17.1. The van der Waals surface area contributed by atoms with Gasteiger partial charge in [-0.15, -0.1) is 0 Å². The molecule has 0 N–H and O–H groups in total. The van der Waals surface area contributed by atoms with Crippen LogP contribution in [0.25, 0.3) is 0 Å². The monoisotopic (exact) mass is 1960 g/mol. The smallest absolute Gasteiger partial charge is 0.437 e. The summed E-state index contributed by atoms with van der Waals surface area (Å²) < 4.78 is 190. The second-order valence-corrected chi connectivity index (χ2v) is 36.2.